The summed E-state index contributed by atoms with van der Waals surface area (Å²) in [6.07, 6.45) is 0.492. The molecule has 3 N–H and O–H groups in total. The number of hydrogen-bond acceptors (Lipinski definition) is 3. The summed E-state index contributed by atoms with van der Waals surface area (Å²) < 4.78 is 0.976. The van der Waals surface area contributed by atoms with Crippen LogP contribution in [-0.4, -0.2) is 16.9 Å². The lowest BCUT2D eigenvalue weighted by molar-refractivity contribution is 0.0944. The number of nitrogens with one attached hydrogen (secondary N) is 2. The predicted molar refractivity (Wildman–Crippen MR) is 125 cm³/mol. The molecule has 0 aliphatic rings. The smallest absolute Gasteiger partial charge is 0.256 e. The van der Waals surface area contributed by atoms with Crippen molar-refractivity contribution in [2.45, 2.75) is 13.0 Å². The Morgan fingerprint density at radius 2 is 1.71 bits per heavy atom. The summed E-state index contributed by atoms with van der Waals surface area (Å²) in [7, 11) is 0. The zero-order valence-corrected chi connectivity index (χ0v) is 18.8. The average Bonchev–Trinajstić information content (AvgIpc) is 2.73. The van der Waals surface area contributed by atoms with Gasteiger partial charge in [-0.25, -0.2) is 0 Å². The minimum absolute atomic E-state index is 0.131. The van der Waals surface area contributed by atoms with Crippen molar-refractivity contribution >= 4 is 39.3 Å². The second-order valence-electron chi connectivity index (χ2n) is 6.91. The van der Waals surface area contributed by atoms with Gasteiger partial charge in [-0.05, 0) is 53.6 Å². The lowest BCUT2D eigenvalue weighted by Crippen LogP contribution is -2.25. The summed E-state index contributed by atoms with van der Waals surface area (Å²) >= 11 is 9.64. The van der Waals surface area contributed by atoms with Crippen LogP contribution in [0.25, 0.3) is 0 Å². The third-order valence-corrected chi connectivity index (χ3v) is 5.30. The highest BCUT2D eigenvalue weighted by molar-refractivity contribution is 9.10. The number of carbonyl (C=O) groups excluding carboxylic acids is 2. The molecule has 3 rings (SSSR count). The van der Waals surface area contributed by atoms with Gasteiger partial charge in [0.25, 0.3) is 11.8 Å². The highest BCUT2D eigenvalue weighted by Crippen LogP contribution is 2.19. The van der Waals surface area contributed by atoms with E-state index in [1.165, 1.54) is 18.2 Å². The van der Waals surface area contributed by atoms with E-state index in [-0.39, 0.29) is 34.7 Å². The van der Waals surface area contributed by atoms with Crippen LogP contribution in [0, 0.1) is 0 Å². The summed E-state index contributed by atoms with van der Waals surface area (Å²) in [6, 6.07) is 18.8. The molecule has 0 bridgehead atoms. The number of aromatic hydroxyl groups is 1. The number of carbonyl (C=O) groups is 2. The summed E-state index contributed by atoms with van der Waals surface area (Å²) in [5.74, 6) is -0.595. The molecule has 0 aliphatic heterocycles. The second kappa shape index (κ2) is 10.3. The maximum Gasteiger partial charge on any atom is 0.256 e. The quantitative estimate of drug-likeness (QED) is 0.417. The van der Waals surface area contributed by atoms with Gasteiger partial charge >= 0.3 is 0 Å². The Labute approximate surface area is 193 Å². The molecule has 31 heavy (non-hydrogen) atoms. The van der Waals surface area contributed by atoms with Crippen molar-refractivity contribution in [2.24, 2.45) is 0 Å². The Balaban J connectivity index is 1.59. The predicted octanol–water partition coefficient (Wildman–Crippen LogP) is 5.22. The molecule has 7 heteroatoms. The minimum Gasteiger partial charge on any atom is -0.508 e. The minimum atomic E-state index is -0.390. The van der Waals surface area contributed by atoms with E-state index < -0.39 is 0 Å². The van der Waals surface area contributed by atoms with Gasteiger partial charge in [0.15, 0.2) is 0 Å². The van der Waals surface area contributed by atoms with Crippen LogP contribution in [0.4, 0.5) is 0 Å². The van der Waals surface area contributed by atoms with Crippen LogP contribution in [0.3, 0.4) is 0 Å². The lowest BCUT2D eigenvalue weighted by Gasteiger charge is -2.11. The molecule has 0 unspecified atom stereocenters. The molecule has 2 amide bonds. The molecule has 0 saturated heterocycles. The van der Waals surface area contributed by atoms with Crippen molar-refractivity contribution < 1.29 is 14.7 Å². The third kappa shape index (κ3) is 6.44. The second-order valence-corrected chi connectivity index (χ2v) is 8.23. The Morgan fingerprint density at radius 1 is 0.968 bits per heavy atom. The zero-order valence-electron chi connectivity index (χ0n) is 16.5. The molecule has 0 heterocycles. The molecule has 3 aromatic carbocycles. The largest absolute Gasteiger partial charge is 0.508 e. The lowest BCUT2D eigenvalue weighted by atomic mass is 10.1. The molecule has 158 valence electrons. The van der Waals surface area contributed by atoms with E-state index in [4.69, 9.17) is 11.6 Å². The molecule has 0 fully saturated rings. The van der Waals surface area contributed by atoms with E-state index in [1.807, 2.05) is 24.3 Å². The Morgan fingerprint density at radius 3 is 2.39 bits per heavy atom. The zero-order chi connectivity index (χ0) is 22.4. The molecule has 0 aliphatic carbocycles. The number of phenols is 1. The molecule has 0 spiro atoms. The van der Waals surface area contributed by atoms with Crippen LogP contribution >= 0.6 is 27.5 Å². The first-order valence-corrected chi connectivity index (χ1v) is 10.6. The number of benzene rings is 3. The average molecular weight is 500 g/mol. The van der Waals surface area contributed by atoms with Gasteiger partial charge in [0.1, 0.15) is 5.75 Å². The van der Waals surface area contributed by atoms with E-state index >= 15 is 0 Å². The van der Waals surface area contributed by atoms with Gasteiger partial charge in [-0.2, -0.15) is 0 Å². The molecule has 0 atom stereocenters. The van der Waals surface area contributed by atoms with Crippen molar-refractivity contribution in [3.8, 4) is 5.75 Å². The first-order valence-electron chi connectivity index (χ1n) is 9.41. The number of hydrogen-bond donors (Lipinski definition) is 3. The molecule has 3 aromatic rings. The Hall–Kier alpha value is -3.09. The van der Waals surface area contributed by atoms with E-state index in [0.717, 1.165) is 15.6 Å². The number of halogens is 2. The highest BCUT2D eigenvalue weighted by atomic mass is 79.9. The fraction of sp³-hybridized carbons (Fsp3) is 0.0833. The van der Waals surface area contributed by atoms with E-state index in [9.17, 15) is 14.7 Å². The van der Waals surface area contributed by atoms with Gasteiger partial charge in [0, 0.05) is 28.7 Å². The standard InChI is InChI=1S/C24H20BrClN2O3/c1-15(11-16-5-8-19(25)9-6-16)28-24(31)21-10-7-18(13-22(21)26)23(30)27-14-17-3-2-4-20(29)12-17/h2-10,12-13,29H,1,11,14H2,(H,27,30)(H,28,31). The van der Waals surface area contributed by atoms with Crippen molar-refractivity contribution in [3.05, 3.63) is 111 Å². The van der Waals surface area contributed by atoms with Gasteiger partial charge in [-0.15, -0.1) is 0 Å². The van der Waals surface area contributed by atoms with Gasteiger partial charge < -0.3 is 15.7 Å². The van der Waals surface area contributed by atoms with E-state index in [0.29, 0.717) is 17.7 Å². The Bertz CT molecular complexity index is 1130. The van der Waals surface area contributed by atoms with Crippen molar-refractivity contribution in [1.29, 1.82) is 0 Å². The fourth-order valence-corrected chi connectivity index (χ4v) is 3.44. The van der Waals surface area contributed by atoms with Crippen molar-refractivity contribution in [2.75, 3.05) is 0 Å². The molecule has 0 radical (unpaired) electrons. The first-order chi connectivity index (χ1) is 14.8. The van der Waals surface area contributed by atoms with Gasteiger partial charge in [0.2, 0.25) is 0 Å². The summed E-state index contributed by atoms with van der Waals surface area (Å²) in [5.41, 5.74) is 2.90. The van der Waals surface area contributed by atoms with Crippen LogP contribution in [0.1, 0.15) is 31.8 Å². The van der Waals surface area contributed by atoms with Crippen LogP contribution in [-0.2, 0) is 13.0 Å². The van der Waals surface area contributed by atoms with Gasteiger partial charge in [-0.1, -0.05) is 58.4 Å². The van der Waals surface area contributed by atoms with Gasteiger partial charge in [-0.3, -0.25) is 9.59 Å². The van der Waals surface area contributed by atoms with Crippen molar-refractivity contribution in [1.82, 2.24) is 10.6 Å². The molecular formula is C24H20BrClN2O3. The van der Waals surface area contributed by atoms with E-state index in [1.54, 1.807) is 24.3 Å². The summed E-state index contributed by atoms with van der Waals surface area (Å²) in [6.45, 7) is 4.16. The highest BCUT2D eigenvalue weighted by Gasteiger charge is 2.14. The maximum absolute atomic E-state index is 12.6. The summed E-state index contributed by atoms with van der Waals surface area (Å²) in [4.78, 5) is 24.9. The molecule has 0 saturated carbocycles. The Kier molecular flexibility index (Phi) is 7.50. The topological polar surface area (TPSA) is 78.4 Å². The van der Waals surface area contributed by atoms with Gasteiger partial charge in [0.05, 0.1) is 10.6 Å². The van der Waals surface area contributed by atoms with Crippen LogP contribution < -0.4 is 10.6 Å². The van der Waals surface area contributed by atoms with Crippen LogP contribution in [0.5, 0.6) is 5.75 Å². The molecule has 0 aromatic heterocycles. The number of rotatable bonds is 7. The molecular weight excluding hydrogens is 480 g/mol. The van der Waals surface area contributed by atoms with Crippen LogP contribution in [0.15, 0.2) is 83.5 Å². The SMILES string of the molecule is C=C(Cc1ccc(Br)cc1)NC(=O)c1ccc(C(=O)NCc2cccc(O)c2)cc1Cl. The first kappa shape index (κ1) is 22.6. The monoisotopic (exact) mass is 498 g/mol. The number of amides is 2. The molecule has 5 nitrogen and oxygen atoms in total. The third-order valence-electron chi connectivity index (χ3n) is 4.46. The number of phenolic OH excluding ortho intramolecular Hbond substituents is 1. The summed E-state index contributed by atoms with van der Waals surface area (Å²) in [5, 5.41) is 15.2. The maximum atomic E-state index is 12.6. The van der Waals surface area contributed by atoms with E-state index in [2.05, 4.69) is 33.1 Å². The fourth-order valence-electron chi connectivity index (χ4n) is 2.91. The van der Waals surface area contributed by atoms with Crippen molar-refractivity contribution in [3.63, 3.8) is 0 Å². The van der Waals surface area contributed by atoms with Crippen LogP contribution in [0.2, 0.25) is 5.02 Å². The number of allylic oxidation sites excluding steroid dienone is 1. The normalized spacial score (nSPS) is 10.4.